The zero-order valence-corrected chi connectivity index (χ0v) is 11.6. The molecule has 0 saturated carbocycles. The maximum Gasteiger partial charge on any atom is 0.128 e. The summed E-state index contributed by atoms with van der Waals surface area (Å²) in [5, 5.41) is 10.4. The molecule has 4 heteroatoms. The van der Waals surface area contributed by atoms with E-state index in [0.717, 1.165) is 43.8 Å². The smallest absolute Gasteiger partial charge is 0.128 e. The highest BCUT2D eigenvalue weighted by Crippen LogP contribution is 2.34. The van der Waals surface area contributed by atoms with Gasteiger partial charge in [0.1, 0.15) is 11.5 Å². The lowest BCUT2D eigenvalue weighted by Crippen LogP contribution is -2.18. The van der Waals surface area contributed by atoms with E-state index in [4.69, 9.17) is 14.2 Å². The highest BCUT2D eigenvalue weighted by molar-refractivity contribution is 5.41. The van der Waals surface area contributed by atoms with Gasteiger partial charge in [-0.3, -0.25) is 0 Å². The van der Waals surface area contributed by atoms with Crippen molar-refractivity contribution < 1.29 is 19.3 Å². The van der Waals surface area contributed by atoms with Gasteiger partial charge in [-0.05, 0) is 37.3 Å². The van der Waals surface area contributed by atoms with Gasteiger partial charge in [-0.1, -0.05) is 0 Å². The van der Waals surface area contributed by atoms with E-state index in [0.29, 0.717) is 11.7 Å². The van der Waals surface area contributed by atoms with Gasteiger partial charge in [0.2, 0.25) is 0 Å². The lowest BCUT2D eigenvalue weighted by atomic mass is 9.90. The second-order valence-corrected chi connectivity index (χ2v) is 4.92. The van der Waals surface area contributed by atoms with Crippen LogP contribution in [0.3, 0.4) is 0 Å². The first-order valence-corrected chi connectivity index (χ1v) is 6.72. The van der Waals surface area contributed by atoms with Gasteiger partial charge in [-0.25, -0.2) is 0 Å². The third-order valence-corrected chi connectivity index (χ3v) is 3.70. The molecule has 1 aliphatic heterocycles. The summed E-state index contributed by atoms with van der Waals surface area (Å²) in [7, 11) is 3.23. The van der Waals surface area contributed by atoms with Crippen LogP contribution < -0.4 is 9.47 Å². The Morgan fingerprint density at radius 3 is 2.63 bits per heavy atom. The summed E-state index contributed by atoms with van der Waals surface area (Å²) < 4.78 is 15.8. The summed E-state index contributed by atoms with van der Waals surface area (Å²) >= 11 is 0. The molecule has 0 amide bonds. The molecule has 1 aliphatic rings. The van der Waals surface area contributed by atoms with Gasteiger partial charge in [0, 0.05) is 24.8 Å². The number of ether oxygens (including phenoxy) is 3. The van der Waals surface area contributed by atoms with Crippen LogP contribution in [0.4, 0.5) is 0 Å². The molecule has 19 heavy (non-hydrogen) atoms. The SMILES string of the molecule is COc1ccc(C(O)CC2CCOCC2)c(OC)c1. The molecule has 1 atom stereocenters. The molecule has 1 aromatic carbocycles. The molecular weight excluding hydrogens is 244 g/mol. The van der Waals surface area contributed by atoms with Gasteiger partial charge < -0.3 is 19.3 Å². The minimum atomic E-state index is -0.496. The molecule has 1 fully saturated rings. The van der Waals surface area contributed by atoms with Crippen LogP contribution in [0.25, 0.3) is 0 Å². The van der Waals surface area contributed by atoms with Crippen LogP contribution in [0.5, 0.6) is 11.5 Å². The lowest BCUT2D eigenvalue weighted by Gasteiger charge is -2.25. The van der Waals surface area contributed by atoms with E-state index in [9.17, 15) is 5.11 Å². The second-order valence-electron chi connectivity index (χ2n) is 4.92. The number of aliphatic hydroxyl groups is 1. The number of aliphatic hydroxyl groups excluding tert-OH is 1. The van der Waals surface area contributed by atoms with Gasteiger partial charge in [0.25, 0.3) is 0 Å². The van der Waals surface area contributed by atoms with Gasteiger partial charge in [0.15, 0.2) is 0 Å². The van der Waals surface area contributed by atoms with E-state index in [2.05, 4.69) is 0 Å². The summed E-state index contributed by atoms with van der Waals surface area (Å²) in [6, 6.07) is 5.54. The topological polar surface area (TPSA) is 47.9 Å². The predicted octanol–water partition coefficient (Wildman–Crippen LogP) is 2.55. The van der Waals surface area contributed by atoms with E-state index in [1.165, 1.54) is 0 Å². The Balaban J connectivity index is 2.06. The normalized spacial score (nSPS) is 18.1. The monoisotopic (exact) mass is 266 g/mol. The Labute approximate surface area is 114 Å². The van der Waals surface area contributed by atoms with Crippen molar-refractivity contribution in [2.75, 3.05) is 27.4 Å². The highest BCUT2D eigenvalue weighted by Gasteiger charge is 2.21. The van der Waals surface area contributed by atoms with Crippen molar-refractivity contribution in [3.63, 3.8) is 0 Å². The summed E-state index contributed by atoms with van der Waals surface area (Å²) in [5.41, 5.74) is 0.829. The molecule has 1 N–H and O–H groups in total. The molecule has 106 valence electrons. The standard InChI is InChI=1S/C15H22O4/c1-17-12-3-4-13(15(10-12)18-2)14(16)9-11-5-7-19-8-6-11/h3-4,10-11,14,16H,5-9H2,1-2H3. The molecule has 1 aromatic rings. The molecule has 0 aromatic heterocycles. The fraction of sp³-hybridized carbons (Fsp3) is 0.600. The van der Waals surface area contributed by atoms with Crippen molar-refractivity contribution in [1.29, 1.82) is 0 Å². The summed E-state index contributed by atoms with van der Waals surface area (Å²) in [5.74, 6) is 1.94. The second kappa shape index (κ2) is 6.78. The quantitative estimate of drug-likeness (QED) is 0.889. The Bertz CT molecular complexity index is 399. The average molecular weight is 266 g/mol. The van der Waals surface area contributed by atoms with Crippen LogP contribution in [0.1, 0.15) is 30.9 Å². The van der Waals surface area contributed by atoms with Crippen LogP contribution in [-0.2, 0) is 4.74 Å². The first-order valence-electron chi connectivity index (χ1n) is 6.72. The maximum atomic E-state index is 10.4. The van der Waals surface area contributed by atoms with Crippen molar-refractivity contribution in [2.45, 2.75) is 25.4 Å². The molecule has 0 bridgehead atoms. The fourth-order valence-corrected chi connectivity index (χ4v) is 2.52. The van der Waals surface area contributed by atoms with Crippen LogP contribution >= 0.6 is 0 Å². The molecule has 1 unspecified atom stereocenters. The first-order chi connectivity index (χ1) is 9.24. The Morgan fingerprint density at radius 2 is 2.00 bits per heavy atom. The molecule has 4 nitrogen and oxygen atoms in total. The number of hydrogen-bond acceptors (Lipinski definition) is 4. The van der Waals surface area contributed by atoms with E-state index >= 15 is 0 Å². The number of benzene rings is 1. The Morgan fingerprint density at radius 1 is 1.26 bits per heavy atom. The largest absolute Gasteiger partial charge is 0.497 e. The van der Waals surface area contributed by atoms with Crippen LogP contribution in [-0.4, -0.2) is 32.5 Å². The zero-order valence-electron chi connectivity index (χ0n) is 11.6. The minimum absolute atomic E-state index is 0.496. The zero-order chi connectivity index (χ0) is 13.7. The third-order valence-electron chi connectivity index (χ3n) is 3.70. The molecule has 0 aliphatic carbocycles. The van der Waals surface area contributed by atoms with Crippen molar-refractivity contribution in [3.05, 3.63) is 23.8 Å². The summed E-state index contributed by atoms with van der Waals surface area (Å²) in [4.78, 5) is 0. The molecule has 1 saturated heterocycles. The van der Waals surface area contributed by atoms with Gasteiger partial charge in [-0.2, -0.15) is 0 Å². The van der Waals surface area contributed by atoms with Crippen molar-refractivity contribution in [3.8, 4) is 11.5 Å². The lowest BCUT2D eigenvalue weighted by molar-refractivity contribution is 0.0430. The number of methoxy groups -OCH3 is 2. The van der Waals surface area contributed by atoms with Crippen molar-refractivity contribution in [2.24, 2.45) is 5.92 Å². The minimum Gasteiger partial charge on any atom is -0.497 e. The van der Waals surface area contributed by atoms with E-state index in [-0.39, 0.29) is 0 Å². The van der Waals surface area contributed by atoms with Gasteiger partial charge in [0.05, 0.1) is 20.3 Å². The van der Waals surface area contributed by atoms with Crippen LogP contribution in [0.15, 0.2) is 18.2 Å². The Hall–Kier alpha value is -1.26. The third kappa shape index (κ3) is 3.61. The fourth-order valence-electron chi connectivity index (χ4n) is 2.52. The van der Waals surface area contributed by atoms with E-state index in [1.54, 1.807) is 14.2 Å². The molecule has 1 heterocycles. The van der Waals surface area contributed by atoms with Gasteiger partial charge in [-0.15, -0.1) is 0 Å². The highest BCUT2D eigenvalue weighted by atomic mass is 16.5. The number of rotatable bonds is 5. The average Bonchev–Trinajstić information content (AvgIpc) is 2.47. The van der Waals surface area contributed by atoms with Crippen molar-refractivity contribution >= 4 is 0 Å². The first kappa shape index (κ1) is 14.2. The van der Waals surface area contributed by atoms with Crippen LogP contribution in [0, 0.1) is 5.92 Å². The van der Waals surface area contributed by atoms with Crippen LogP contribution in [0.2, 0.25) is 0 Å². The van der Waals surface area contributed by atoms with Crippen molar-refractivity contribution in [1.82, 2.24) is 0 Å². The molecule has 0 radical (unpaired) electrons. The van der Waals surface area contributed by atoms with E-state index < -0.39 is 6.10 Å². The summed E-state index contributed by atoms with van der Waals surface area (Å²) in [6.45, 7) is 1.61. The van der Waals surface area contributed by atoms with E-state index in [1.807, 2.05) is 18.2 Å². The Kier molecular flexibility index (Phi) is 5.05. The molecule has 2 rings (SSSR count). The van der Waals surface area contributed by atoms with Gasteiger partial charge >= 0.3 is 0 Å². The maximum absolute atomic E-state index is 10.4. The number of hydrogen-bond donors (Lipinski definition) is 1. The predicted molar refractivity (Wildman–Crippen MR) is 72.7 cm³/mol. The summed E-state index contributed by atoms with van der Waals surface area (Å²) in [6.07, 6.45) is 2.31. The molecule has 0 spiro atoms. The molecular formula is C15H22O4.